The summed E-state index contributed by atoms with van der Waals surface area (Å²) in [6, 6.07) is 7.48. The second-order valence-corrected chi connectivity index (χ2v) is 3.70. The van der Waals surface area contributed by atoms with E-state index in [2.05, 4.69) is 0 Å². The Morgan fingerprint density at radius 1 is 1.44 bits per heavy atom. The number of benzene rings is 1. The quantitative estimate of drug-likeness (QED) is 0.427. The standard InChI is InChI=1S/C11H13N3O2/c12-13-10(15)5-6-14-7-8-3-1-2-4-9(8)11(14)16/h1-4H,5-7,12H2,(H,13,15). The Morgan fingerprint density at radius 3 is 2.88 bits per heavy atom. The summed E-state index contributed by atoms with van der Waals surface area (Å²) in [4.78, 5) is 24.5. The van der Waals surface area contributed by atoms with Crippen LogP contribution in [0.2, 0.25) is 0 Å². The maximum Gasteiger partial charge on any atom is 0.254 e. The van der Waals surface area contributed by atoms with Gasteiger partial charge in [-0.05, 0) is 11.6 Å². The molecule has 5 nitrogen and oxygen atoms in total. The number of rotatable bonds is 3. The first-order valence-corrected chi connectivity index (χ1v) is 5.09. The third kappa shape index (κ3) is 1.90. The molecule has 5 heteroatoms. The fourth-order valence-electron chi connectivity index (χ4n) is 1.80. The van der Waals surface area contributed by atoms with Crippen LogP contribution in [0.25, 0.3) is 0 Å². The van der Waals surface area contributed by atoms with Crippen molar-refractivity contribution in [3.63, 3.8) is 0 Å². The second-order valence-electron chi connectivity index (χ2n) is 3.70. The van der Waals surface area contributed by atoms with E-state index in [1.54, 1.807) is 11.0 Å². The van der Waals surface area contributed by atoms with Crippen molar-refractivity contribution in [2.75, 3.05) is 6.54 Å². The lowest BCUT2D eigenvalue weighted by atomic mass is 10.1. The van der Waals surface area contributed by atoms with Gasteiger partial charge in [-0.25, -0.2) is 5.84 Å². The molecule has 2 rings (SSSR count). The van der Waals surface area contributed by atoms with Gasteiger partial charge in [0.05, 0.1) is 0 Å². The van der Waals surface area contributed by atoms with Gasteiger partial charge in [-0.3, -0.25) is 15.0 Å². The molecule has 2 amide bonds. The Kier molecular flexibility index (Phi) is 2.87. The zero-order chi connectivity index (χ0) is 11.5. The molecule has 16 heavy (non-hydrogen) atoms. The molecular formula is C11H13N3O2. The van der Waals surface area contributed by atoms with Crippen LogP contribution < -0.4 is 11.3 Å². The molecule has 0 radical (unpaired) electrons. The molecule has 3 N–H and O–H groups in total. The molecule has 0 bridgehead atoms. The summed E-state index contributed by atoms with van der Waals surface area (Å²) in [5, 5.41) is 0. The van der Waals surface area contributed by atoms with Crippen LogP contribution in [-0.4, -0.2) is 23.3 Å². The van der Waals surface area contributed by atoms with Crippen LogP contribution in [0, 0.1) is 0 Å². The van der Waals surface area contributed by atoms with E-state index in [1.807, 2.05) is 23.6 Å². The predicted octanol–water partition coefficient (Wildman–Crippen LogP) is 0.0224. The third-order valence-electron chi connectivity index (χ3n) is 2.67. The van der Waals surface area contributed by atoms with Gasteiger partial charge in [0, 0.05) is 25.1 Å². The van der Waals surface area contributed by atoms with Crippen molar-refractivity contribution in [1.82, 2.24) is 10.3 Å². The highest BCUT2D eigenvalue weighted by Gasteiger charge is 2.26. The summed E-state index contributed by atoms with van der Waals surface area (Å²) in [7, 11) is 0. The summed E-state index contributed by atoms with van der Waals surface area (Å²) < 4.78 is 0. The first-order valence-electron chi connectivity index (χ1n) is 5.09. The maximum absolute atomic E-state index is 11.9. The smallest absolute Gasteiger partial charge is 0.254 e. The Hall–Kier alpha value is -1.88. The lowest BCUT2D eigenvalue weighted by Crippen LogP contribution is -2.34. The molecular weight excluding hydrogens is 206 g/mol. The van der Waals surface area contributed by atoms with Crippen LogP contribution in [0.4, 0.5) is 0 Å². The van der Waals surface area contributed by atoms with Crippen molar-refractivity contribution in [3.05, 3.63) is 35.4 Å². The summed E-state index contributed by atoms with van der Waals surface area (Å²) >= 11 is 0. The van der Waals surface area contributed by atoms with E-state index >= 15 is 0 Å². The fourth-order valence-corrected chi connectivity index (χ4v) is 1.80. The largest absolute Gasteiger partial charge is 0.334 e. The molecule has 0 saturated heterocycles. The number of hydrogen-bond donors (Lipinski definition) is 2. The van der Waals surface area contributed by atoms with Gasteiger partial charge in [0.15, 0.2) is 0 Å². The third-order valence-corrected chi connectivity index (χ3v) is 2.67. The molecule has 1 aliphatic rings. The van der Waals surface area contributed by atoms with Gasteiger partial charge in [0.25, 0.3) is 5.91 Å². The SMILES string of the molecule is NNC(=O)CCN1Cc2ccccc2C1=O. The number of carbonyl (C=O) groups is 2. The predicted molar refractivity (Wildman–Crippen MR) is 58.1 cm³/mol. The number of fused-ring (bicyclic) bond motifs is 1. The maximum atomic E-state index is 11.9. The lowest BCUT2D eigenvalue weighted by Gasteiger charge is -2.14. The molecule has 84 valence electrons. The van der Waals surface area contributed by atoms with Crippen LogP contribution in [-0.2, 0) is 11.3 Å². The average Bonchev–Trinajstić information content (AvgIpc) is 2.64. The van der Waals surface area contributed by atoms with E-state index in [0.717, 1.165) is 11.1 Å². The van der Waals surface area contributed by atoms with Gasteiger partial charge in [-0.15, -0.1) is 0 Å². The zero-order valence-corrected chi connectivity index (χ0v) is 8.77. The molecule has 1 aromatic carbocycles. The fraction of sp³-hybridized carbons (Fsp3) is 0.273. The Labute approximate surface area is 93.2 Å². The normalized spacial score (nSPS) is 13.8. The van der Waals surface area contributed by atoms with Gasteiger partial charge < -0.3 is 4.90 Å². The number of hydrogen-bond acceptors (Lipinski definition) is 3. The van der Waals surface area contributed by atoms with Crippen LogP contribution in [0.3, 0.4) is 0 Å². The highest BCUT2D eigenvalue weighted by molar-refractivity contribution is 5.98. The first-order chi connectivity index (χ1) is 7.72. The van der Waals surface area contributed by atoms with E-state index in [-0.39, 0.29) is 18.2 Å². The van der Waals surface area contributed by atoms with Crippen molar-refractivity contribution in [2.24, 2.45) is 5.84 Å². The minimum atomic E-state index is -0.260. The Bertz CT molecular complexity index is 431. The molecule has 0 saturated carbocycles. The van der Waals surface area contributed by atoms with Crippen LogP contribution in [0.15, 0.2) is 24.3 Å². The summed E-state index contributed by atoms with van der Waals surface area (Å²) in [6.45, 7) is 0.976. The minimum Gasteiger partial charge on any atom is -0.334 e. The molecule has 0 aliphatic carbocycles. The molecule has 1 aliphatic heterocycles. The van der Waals surface area contributed by atoms with Gasteiger partial charge in [0.1, 0.15) is 0 Å². The van der Waals surface area contributed by atoms with E-state index < -0.39 is 0 Å². The molecule has 0 spiro atoms. The number of amides is 2. The number of carbonyl (C=O) groups excluding carboxylic acids is 2. The number of nitrogens with one attached hydrogen (secondary N) is 1. The van der Waals surface area contributed by atoms with Crippen molar-refractivity contribution < 1.29 is 9.59 Å². The van der Waals surface area contributed by atoms with E-state index in [9.17, 15) is 9.59 Å². The monoisotopic (exact) mass is 219 g/mol. The topological polar surface area (TPSA) is 75.4 Å². The number of hydrazine groups is 1. The Morgan fingerprint density at radius 2 is 2.19 bits per heavy atom. The van der Waals surface area contributed by atoms with Gasteiger partial charge in [0.2, 0.25) is 5.91 Å². The second kappa shape index (κ2) is 4.32. The molecule has 0 aromatic heterocycles. The minimum absolute atomic E-state index is 0.0135. The van der Waals surface area contributed by atoms with E-state index in [4.69, 9.17) is 5.84 Å². The first kappa shape index (κ1) is 10.6. The zero-order valence-electron chi connectivity index (χ0n) is 8.77. The number of nitrogens with two attached hydrogens (primary N) is 1. The van der Waals surface area contributed by atoms with Crippen LogP contribution in [0.5, 0.6) is 0 Å². The summed E-state index contributed by atoms with van der Waals surface area (Å²) in [5.74, 6) is 4.70. The lowest BCUT2D eigenvalue weighted by molar-refractivity contribution is -0.121. The van der Waals surface area contributed by atoms with Crippen molar-refractivity contribution in [3.8, 4) is 0 Å². The Balaban J connectivity index is 2.02. The van der Waals surface area contributed by atoms with Gasteiger partial charge in [-0.2, -0.15) is 0 Å². The molecule has 0 unspecified atom stereocenters. The van der Waals surface area contributed by atoms with Crippen LogP contribution in [0.1, 0.15) is 22.3 Å². The van der Waals surface area contributed by atoms with Crippen molar-refractivity contribution in [1.29, 1.82) is 0 Å². The van der Waals surface area contributed by atoms with Crippen molar-refractivity contribution in [2.45, 2.75) is 13.0 Å². The van der Waals surface area contributed by atoms with Crippen LogP contribution >= 0.6 is 0 Å². The average molecular weight is 219 g/mol. The highest BCUT2D eigenvalue weighted by atomic mass is 16.2. The van der Waals surface area contributed by atoms with E-state index in [1.165, 1.54) is 0 Å². The molecule has 1 aromatic rings. The highest BCUT2D eigenvalue weighted by Crippen LogP contribution is 2.21. The summed E-state index contributed by atoms with van der Waals surface area (Å²) in [6.07, 6.45) is 0.232. The van der Waals surface area contributed by atoms with E-state index in [0.29, 0.717) is 13.1 Å². The molecule has 0 fully saturated rings. The molecule has 0 atom stereocenters. The van der Waals surface area contributed by atoms with Gasteiger partial charge >= 0.3 is 0 Å². The van der Waals surface area contributed by atoms with Crippen molar-refractivity contribution >= 4 is 11.8 Å². The van der Waals surface area contributed by atoms with Gasteiger partial charge in [-0.1, -0.05) is 18.2 Å². The summed E-state index contributed by atoms with van der Waals surface area (Å²) in [5.41, 5.74) is 3.79. The number of nitrogens with zero attached hydrogens (tertiary/aromatic N) is 1. The molecule has 1 heterocycles.